The van der Waals surface area contributed by atoms with Gasteiger partial charge in [-0.2, -0.15) is 4.98 Å². The summed E-state index contributed by atoms with van der Waals surface area (Å²) in [7, 11) is 0. The van der Waals surface area contributed by atoms with Gasteiger partial charge in [-0.15, -0.1) is 11.3 Å². The van der Waals surface area contributed by atoms with Gasteiger partial charge in [-0.3, -0.25) is 4.79 Å². The number of thiophene rings is 1. The molecule has 0 unspecified atom stereocenters. The van der Waals surface area contributed by atoms with Crippen LogP contribution < -0.4 is 5.32 Å². The van der Waals surface area contributed by atoms with Gasteiger partial charge in [-0.25, -0.2) is 0 Å². The second-order valence-electron chi connectivity index (χ2n) is 4.51. The first-order valence-electron chi connectivity index (χ1n) is 6.62. The molecule has 0 atom stereocenters. The maximum absolute atomic E-state index is 11.9. The zero-order chi connectivity index (χ0) is 15.4. The number of hydrogen-bond acceptors (Lipinski definition) is 5. The molecule has 0 aliphatic heterocycles. The van der Waals surface area contributed by atoms with Crippen LogP contribution in [0.5, 0.6) is 0 Å². The van der Waals surface area contributed by atoms with Gasteiger partial charge in [-0.1, -0.05) is 28.9 Å². The van der Waals surface area contributed by atoms with E-state index >= 15 is 0 Å². The second kappa shape index (κ2) is 6.72. The number of rotatable bonds is 5. The average Bonchev–Trinajstić information content (AvgIpc) is 3.18. The van der Waals surface area contributed by atoms with Crippen molar-refractivity contribution in [1.29, 1.82) is 0 Å². The number of halogens is 1. The van der Waals surface area contributed by atoms with Crippen LogP contribution in [0.15, 0.2) is 46.3 Å². The molecule has 2 aromatic heterocycles. The van der Waals surface area contributed by atoms with E-state index in [0.717, 1.165) is 4.88 Å². The number of nitrogens with one attached hydrogen (secondary N) is 1. The van der Waals surface area contributed by atoms with Gasteiger partial charge in [0.15, 0.2) is 0 Å². The van der Waals surface area contributed by atoms with E-state index in [-0.39, 0.29) is 5.91 Å². The van der Waals surface area contributed by atoms with Crippen LogP contribution >= 0.6 is 22.9 Å². The largest absolute Gasteiger partial charge is 0.352 e. The fourth-order valence-corrected chi connectivity index (χ4v) is 2.72. The number of aromatic nitrogens is 2. The van der Waals surface area contributed by atoms with Crippen molar-refractivity contribution in [2.24, 2.45) is 0 Å². The topological polar surface area (TPSA) is 68.0 Å². The molecule has 3 aromatic rings. The van der Waals surface area contributed by atoms with E-state index in [2.05, 4.69) is 15.5 Å². The van der Waals surface area contributed by atoms with E-state index in [9.17, 15) is 4.79 Å². The molecular formula is C15H12ClN3O2S. The molecule has 0 spiro atoms. The molecule has 0 aliphatic carbocycles. The Labute approximate surface area is 135 Å². The zero-order valence-corrected chi connectivity index (χ0v) is 13.0. The van der Waals surface area contributed by atoms with E-state index < -0.39 is 0 Å². The molecule has 1 N–H and O–H groups in total. The molecule has 0 fully saturated rings. The minimum absolute atomic E-state index is 0.180. The van der Waals surface area contributed by atoms with Crippen molar-refractivity contribution >= 4 is 28.8 Å². The van der Waals surface area contributed by atoms with Crippen LogP contribution in [0.4, 0.5) is 0 Å². The predicted octanol–water partition coefficient (Wildman–Crippen LogP) is 3.42. The minimum Gasteiger partial charge on any atom is -0.352 e. The molecule has 0 aliphatic rings. The highest BCUT2D eigenvalue weighted by atomic mass is 35.5. The number of carbonyl (C=O) groups is 1. The van der Waals surface area contributed by atoms with Crippen LogP contribution in [0, 0.1) is 0 Å². The molecule has 22 heavy (non-hydrogen) atoms. The Morgan fingerprint density at radius 2 is 2.23 bits per heavy atom. The van der Waals surface area contributed by atoms with Crippen LogP contribution in [-0.2, 0) is 6.42 Å². The molecule has 0 bridgehead atoms. The van der Waals surface area contributed by atoms with Gasteiger partial charge >= 0.3 is 0 Å². The van der Waals surface area contributed by atoms with E-state index in [4.69, 9.17) is 16.1 Å². The highest BCUT2D eigenvalue weighted by molar-refractivity contribution is 7.13. The summed E-state index contributed by atoms with van der Waals surface area (Å²) in [5, 5.41) is 9.20. The Bertz CT molecular complexity index is 771. The maximum Gasteiger partial charge on any atom is 0.251 e. The summed E-state index contributed by atoms with van der Waals surface area (Å²) in [6, 6.07) is 10.7. The quantitative estimate of drug-likeness (QED) is 0.776. The smallest absolute Gasteiger partial charge is 0.251 e. The summed E-state index contributed by atoms with van der Waals surface area (Å²) in [5.41, 5.74) is 0.525. The van der Waals surface area contributed by atoms with Gasteiger partial charge in [0, 0.05) is 23.6 Å². The molecule has 1 amide bonds. The number of amides is 1. The summed E-state index contributed by atoms with van der Waals surface area (Å²) in [4.78, 5) is 17.2. The van der Waals surface area contributed by atoms with E-state index in [1.54, 1.807) is 35.6 Å². The maximum atomic E-state index is 11.9. The van der Waals surface area contributed by atoms with Crippen molar-refractivity contribution in [3.8, 4) is 10.7 Å². The van der Waals surface area contributed by atoms with Gasteiger partial charge in [0.1, 0.15) is 0 Å². The molecular weight excluding hydrogens is 322 g/mol. The third-order valence-corrected chi connectivity index (χ3v) is 4.02. The van der Waals surface area contributed by atoms with Crippen LogP contribution in [0.1, 0.15) is 16.2 Å². The summed E-state index contributed by atoms with van der Waals surface area (Å²) in [5.74, 6) is 0.890. The van der Waals surface area contributed by atoms with Crippen molar-refractivity contribution in [1.82, 2.24) is 15.5 Å². The highest BCUT2D eigenvalue weighted by Gasteiger charge is 2.10. The summed E-state index contributed by atoms with van der Waals surface area (Å²) in [6.07, 6.45) is 0.477. The van der Waals surface area contributed by atoms with Gasteiger partial charge in [0.05, 0.1) is 4.88 Å². The lowest BCUT2D eigenvalue weighted by atomic mass is 10.2. The number of benzene rings is 1. The minimum atomic E-state index is -0.180. The highest BCUT2D eigenvalue weighted by Crippen LogP contribution is 2.21. The molecule has 0 radical (unpaired) electrons. The molecule has 2 heterocycles. The van der Waals surface area contributed by atoms with Gasteiger partial charge in [0.25, 0.3) is 5.91 Å². The number of carbonyl (C=O) groups excluding carboxylic acids is 1. The van der Waals surface area contributed by atoms with E-state index in [0.29, 0.717) is 35.3 Å². The van der Waals surface area contributed by atoms with Gasteiger partial charge < -0.3 is 9.84 Å². The Hall–Kier alpha value is -2.18. The van der Waals surface area contributed by atoms with Crippen molar-refractivity contribution in [3.63, 3.8) is 0 Å². The van der Waals surface area contributed by atoms with Crippen molar-refractivity contribution in [3.05, 3.63) is 58.3 Å². The SMILES string of the molecule is O=C(NCCc1nc(-c2cccs2)no1)c1cccc(Cl)c1. The summed E-state index contributed by atoms with van der Waals surface area (Å²) in [6.45, 7) is 0.414. The van der Waals surface area contributed by atoms with E-state index in [1.165, 1.54) is 0 Å². The lowest BCUT2D eigenvalue weighted by Crippen LogP contribution is -2.25. The summed E-state index contributed by atoms with van der Waals surface area (Å²) < 4.78 is 5.17. The molecule has 112 valence electrons. The third-order valence-electron chi connectivity index (χ3n) is 2.92. The summed E-state index contributed by atoms with van der Waals surface area (Å²) >= 11 is 7.41. The monoisotopic (exact) mass is 333 g/mol. The first-order chi connectivity index (χ1) is 10.7. The first kappa shape index (κ1) is 14.7. The Morgan fingerprint density at radius 1 is 1.32 bits per heavy atom. The number of nitrogens with zero attached hydrogens (tertiary/aromatic N) is 2. The standard InChI is InChI=1S/C15H12ClN3O2S/c16-11-4-1-3-10(9-11)15(20)17-7-6-13-18-14(19-21-13)12-5-2-8-22-12/h1-5,8-9H,6-7H2,(H,17,20). The van der Waals surface area contributed by atoms with Crippen LogP contribution in [0.25, 0.3) is 10.7 Å². The fourth-order valence-electron chi connectivity index (χ4n) is 1.88. The normalized spacial score (nSPS) is 10.6. The van der Waals surface area contributed by atoms with E-state index in [1.807, 2.05) is 17.5 Å². The van der Waals surface area contributed by atoms with Gasteiger partial charge in [-0.05, 0) is 29.6 Å². The fraction of sp³-hybridized carbons (Fsp3) is 0.133. The van der Waals surface area contributed by atoms with Crippen molar-refractivity contribution < 1.29 is 9.32 Å². The van der Waals surface area contributed by atoms with Crippen molar-refractivity contribution in [2.75, 3.05) is 6.54 Å². The zero-order valence-electron chi connectivity index (χ0n) is 11.5. The molecule has 3 rings (SSSR count). The van der Waals surface area contributed by atoms with Gasteiger partial charge in [0.2, 0.25) is 11.7 Å². The molecule has 0 saturated heterocycles. The Balaban J connectivity index is 1.54. The number of hydrogen-bond donors (Lipinski definition) is 1. The second-order valence-corrected chi connectivity index (χ2v) is 5.89. The predicted molar refractivity (Wildman–Crippen MR) is 85.1 cm³/mol. The first-order valence-corrected chi connectivity index (χ1v) is 7.88. The lowest BCUT2D eigenvalue weighted by Gasteiger charge is -2.03. The molecule has 7 heteroatoms. The van der Waals surface area contributed by atoms with Crippen LogP contribution in [0.3, 0.4) is 0 Å². The molecule has 0 saturated carbocycles. The molecule has 1 aromatic carbocycles. The lowest BCUT2D eigenvalue weighted by molar-refractivity contribution is 0.0953. The van der Waals surface area contributed by atoms with Crippen LogP contribution in [-0.4, -0.2) is 22.6 Å². The third kappa shape index (κ3) is 3.52. The molecule has 5 nitrogen and oxygen atoms in total. The Morgan fingerprint density at radius 3 is 3.00 bits per heavy atom. The van der Waals surface area contributed by atoms with Crippen LogP contribution in [0.2, 0.25) is 5.02 Å². The van der Waals surface area contributed by atoms with Crippen molar-refractivity contribution in [2.45, 2.75) is 6.42 Å². The Kier molecular flexibility index (Phi) is 4.50. The average molecular weight is 334 g/mol.